The largest absolute Gasteiger partial charge is 0.357 e. The number of hydrogen-bond acceptors (Lipinski definition) is 5. The van der Waals surface area contributed by atoms with Gasteiger partial charge in [0.25, 0.3) is 0 Å². The molecule has 2 aromatic rings. The summed E-state index contributed by atoms with van der Waals surface area (Å²) in [5.41, 5.74) is 1.17. The molecule has 118 valence electrons. The van der Waals surface area contributed by atoms with Crippen molar-refractivity contribution in [1.29, 1.82) is 0 Å². The summed E-state index contributed by atoms with van der Waals surface area (Å²) in [5, 5.41) is 15.0. The number of nitrogens with one attached hydrogen (secondary N) is 1. The van der Waals surface area contributed by atoms with Gasteiger partial charge in [-0.2, -0.15) is 0 Å². The van der Waals surface area contributed by atoms with Crippen LogP contribution in [0.3, 0.4) is 0 Å². The van der Waals surface area contributed by atoms with Crippen LogP contribution < -0.4 is 5.32 Å². The monoisotopic (exact) mass is 356 g/mol. The Kier molecular flexibility index (Phi) is 5.18. The number of piperidine rings is 1. The summed E-state index contributed by atoms with van der Waals surface area (Å²) in [5.74, 6) is 0. The Morgan fingerprint density at radius 2 is 1.86 bits per heavy atom. The van der Waals surface area contributed by atoms with Crippen molar-refractivity contribution in [3.63, 3.8) is 0 Å². The van der Waals surface area contributed by atoms with E-state index >= 15 is 0 Å². The van der Waals surface area contributed by atoms with Gasteiger partial charge >= 0.3 is 0 Å². The molecule has 1 aromatic heterocycles. The summed E-state index contributed by atoms with van der Waals surface area (Å²) >= 11 is 13.7. The Morgan fingerprint density at radius 1 is 1.18 bits per heavy atom. The van der Waals surface area contributed by atoms with Crippen molar-refractivity contribution in [1.82, 2.24) is 15.1 Å². The Balaban J connectivity index is 1.51. The molecule has 1 fully saturated rings. The van der Waals surface area contributed by atoms with Gasteiger partial charge in [-0.3, -0.25) is 4.90 Å². The second-order valence-corrected chi connectivity index (χ2v) is 7.65. The summed E-state index contributed by atoms with van der Waals surface area (Å²) in [6.07, 6.45) is 2.21. The summed E-state index contributed by atoms with van der Waals surface area (Å²) in [6, 6.07) is 6.22. The lowest BCUT2D eigenvalue weighted by Gasteiger charge is -2.32. The molecule has 0 spiro atoms. The van der Waals surface area contributed by atoms with E-state index in [1.165, 1.54) is 5.56 Å². The summed E-state index contributed by atoms with van der Waals surface area (Å²) in [6.45, 7) is 4.98. The van der Waals surface area contributed by atoms with E-state index in [0.29, 0.717) is 16.1 Å². The van der Waals surface area contributed by atoms with Gasteiger partial charge in [-0.05, 0) is 43.5 Å². The molecule has 1 aliphatic rings. The number of nitrogens with zero attached hydrogens (tertiary/aromatic N) is 3. The molecule has 1 saturated heterocycles. The van der Waals surface area contributed by atoms with Gasteiger partial charge in [0, 0.05) is 35.7 Å². The third kappa shape index (κ3) is 4.32. The number of aromatic nitrogens is 2. The van der Waals surface area contributed by atoms with Crippen LogP contribution in [0.4, 0.5) is 5.13 Å². The molecular weight excluding hydrogens is 339 g/mol. The van der Waals surface area contributed by atoms with Crippen molar-refractivity contribution >= 4 is 39.7 Å². The second kappa shape index (κ2) is 7.13. The number of benzene rings is 1. The van der Waals surface area contributed by atoms with E-state index in [1.807, 2.05) is 19.1 Å². The van der Waals surface area contributed by atoms with Crippen molar-refractivity contribution in [2.75, 3.05) is 18.4 Å². The summed E-state index contributed by atoms with van der Waals surface area (Å²) < 4.78 is 0. The van der Waals surface area contributed by atoms with Gasteiger partial charge in [0.1, 0.15) is 5.01 Å². The van der Waals surface area contributed by atoms with Crippen LogP contribution in [-0.2, 0) is 6.54 Å². The van der Waals surface area contributed by atoms with Crippen LogP contribution >= 0.6 is 34.5 Å². The van der Waals surface area contributed by atoms with E-state index in [0.717, 1.165) is 42.6 Å². The lowest BCUT2D eigenvalue weighted by molar-refractivity contribution is 0.211. The maximum absolute atomic E-state index is 6.06. The maximum Gasteiger partial charge on any atom is 0.205 e. The Bertz CT molecular complexity index is 618. The van der Waals surface area contributed by atoms with Gasteiger partial charge in [-0.15, -0.1) is 10.2 Å². The van der Waals surface area contributed by atoms with E-state index in [1.54, 1.807) is 17.4 Å². The molecule has 4 nitrogen and oxygen atoms in total. The number of aryl methyl sites for hydroxylation is 1. The van der Waals surface area contributed by atoms with Gasteiger partial charge < -0.3 is 5.32 Å². The molecule has 0 bridgehead atoms. The molecule has 7 heteroatoms. The second-order valence-electron chi connectivity index (χ2n) is 5.60. The first-order valence-electron chi connectivity index (χ1n) is 7.32. The van der Waals surface area contributed by atoms with E-state index in [2.05, 4.69) is 20.4 Å². The van der Waals surface area contributed by atoms with Crippen molar-refractivity contribution < 1.29 is 0 Å². The van der Waals surface area contributed by atoms with Crippen LogP contribution in [-0.4, -0.2) is 34.2 Å². The van der Waals surface area contributed by atoms with Crippen LogP contribution in [0.1, 0.15) is 23.4 Å². The summed E-state index contributed by atoms with van der Waals surface area (Å²) in [7, 11) is 0. The minimum absolute atomic E-state index is 0.478. The molecular formula is C15H18Cl2N4S. The lowest BCUT2D eigenvalue weighted by atomic mass is 10.0. The first-order valence-corrected chi connectivity index (χ1v) is 8.90. The van der Waals surface area contributed by atoms with E-state index in [4.69, 9.17) is 23.2 Å². The molecule has 0 radical (unpaired) electrons. The van der Waals surface area contributed by atoms with Crippen LogP contribution in [0.2, 0.25) is 10.0 Å². The third-order valence-corrected chi connectivity index (χ3v) is 4.98. The average Bonchev–Trinajstić information content (AvgIpc) is 2.85. The number of hydrogen-bond donors (Lipinski definition) is 1. The molecule has 2 heterocycles. The highest BCUT2D eigenvalue weighted by molar-refractivity contribution is 7.15. The molecule has 0 aliphatic carbocycles. The zero-order chi connectivity index (χ0) is 15.5. The zero-order valence-electron chi connectivity index (χ0n) is 12.4. The van der Waals surface area contributed by atoms with Gasteiger partial charge in [0.15, 0.2) is 0 Å². The Hall–Kier alpha value is -0.880. The minimum atomic E-state index is 0.478. The normalized spacial score (nSPS) is 16.9. The fraction of sp³-hybridized carbons (Fsp3) is 0.467. The number of likely N-dealkylation sites (tertiary alicyclic amines) is 1. The molecule has 0 amide bonds. The van der Waals surface area contributed by atoms with E-state index in [9.17, 15) is 0 Å². The van der Waals surface area contributed by atoms with Crippen LogP contribution in [0.5, 0.6) is 0 Å². The molecule has 1 aromatic carbocycles. The molecule has 0 unspecified atom stereocenters. The molecule has 3 rings (SSSR count). The number of rotatable bonds is 4. The highest BCUT2D eigenvalue weighted by atomic mass is 35.5. The van der Waals surface area contributed by atoms with Crippen LogP contribution in [0.15, 0.2) is 18.2 Å². The van der Waals surface area contributed by atoms with Gasteiger partial charge in [0.2, 0.25) is 5.13 Å². The highest BCUT2D eigenvalue weighted by Crippen LogP contribution is 2.23. The molecule has 0 atom stereocenters. The topological polar surface area (TPSA) is 41.1 Å². The SMILES string of the molecule is Cc1nnc(NC2CCN(Cc3cc(Cl)cc(Cl)c3)CC2)s1. The van der Waals surface area contributed by atoms with E-state index in [-0.39, 0.29) is 0 Å². The van der Waals surface area contributed by atoms with Crippen molar-refractivity contribution in [3.05, 3.63) is 38.8 Å². The van der Waals surface area contributed by atoms with Crippen molar-refractivity contribution in [2.45, 2.75) is 32.4 Å². The van der Waals surface area contributed by atoms with Crippen molar-refractivity contribution in [3.8, 4) is 0 Å². The van der Waals surface area contributed by atoms with Gasteiger partial charge in [-0.1, -0.05) is 34.5 Å². The Labute approximate surface area is 144 Å². The maximum atomic E-state index is 6.06. The predicted molar refractivity (Wildman–Crippen MR) is 93.0 cm³/mol. The smallest absolute Gasteiger partial charge is 0.205 e. The molecule has 0 saturated carbocycles. The third-order valence-electron chi connectivity index (χ3n) is 3.77. The predicted octanol–water partition coefficient (Wildman–Crippen LogP) is 4.23. The molecule has 22 heavy (non-hydrogen) atoms. The lowest BCUT2D eigenvalue weighted by Crippen LogP contribution is -2.38. The average molecular weight is 357 g/mol. The van der Waals surface area contributed by atoms with Crippen LogP contribution in [0.25, 0.3) is 0 Å². The van der Waals surface area contributed by atoms with Crippen LogP contribution in [0, 0.1) is 6.92 Å². The minimum Gasteiger partial charge on any atom is -0.357 e. The first-order chi connectivity index (χ1) is 10.6. The standard InChI is InChI=1S/C15H18Cl2N4S/c1-10-19-20-15(22-10)18-14-2-4-21(5-3-14)9-11-6-12(16)8-13(17)7-11/h6-8,14H,2-5,9H2,1H3,(H,18,20). The van der Waals surface area contributed by atoms with Gasteiger partial charge in [-0.25, -0.2) is 0 Å². The summed E-state index contributed by atoms with van der Waals surface area (Å²) in [4.78, 5) is 2.44. The van der Waals surface area contributed by atoms with E-state index < -0.39 is 0 Å². The fourth-order valence-electron chi connectivity index (χ4n) is 2.73. The highest BCUT2D eigenvalue weighted by Gasteiger charge is 2.20. The number of halogens is 2. The zero-order valence-corrected chi connectivity index (χ0v) is 14.7. The van der Waals surface area contributed by atoms with Gasteiger partial charge in [0.05, 0.1) is 0 Å². The Morgan fingerprint density at radius 3 is 2.45 bits per heavy atom. The molecule has 1 N–H and O–H groups in total. The number of anilines is 1. The quantitative estimate of drug-likeness (QED) is 0.889. The first kappa shape index (κ1) is 16.0. The van der Waals surface area contributed by atoms with Crippen molar-refractivity contribution in [2.24, 2.45) is 0 Å². The fourth-order valence-corrected chi connectivity index (χ4v) is 3.97. The molecule has 1 aliphatic heterocycles.